The summed E-state index contributed by atoms with van der Waals surface area (Å²) in [5, 5.41) is 15.0. The van der Waals surface area contributed by atoms with Gasteiger partial charge in [-0.2, -0.15) is 5.10 Å². The highest BCUT2D eigenvalue weighted by Crippen LogP contribution is 2.29. The van der Waals surface area contributed by atoms with E-state index in [0.29, 0.717) is 10.0 Å². The fraction of sp³-hybridized carbons (Fsp3) is 0.286. The SMILES string of the molecule is CC(C)c1cc(SCC(=O)O)n(-c2ccc(Cl)c(Cl)c2)n1. The van der Waals surface area contributed by atoms with Gasteiger partial charge >= 0.3 is 5.97 Å². The molecule has 0 amide bonds. The third kappa shape index (κ3) is 3.93. The Morgan fingerprint density at radius 1 is 1.33 bits per heavy atom. The van der Waals surface area contributed by atoms with Crippen LogP contribution in [0.5, 0.6) is 0 Å². The Kier molecular flexibility index (Phi) is 5.19. The van der Waals surface area contributed by atoms with Gasteiger partial charge in [0, 0.05) is 0 Å². The van der Waals surface area contributed by atoms with Crippen molar-refractivity contribution in [3.8, 4) is 5.69 Å². The van der Waals surface area contributed by atoms with Crippen LogP contribution >= 0.6 is 35.0 Å². The fourth-order valence-corrected chi connectivity index (χ4v) is 2.74. The first-order chi connectivity index (χ1) is 9.88. The minimum Gasteiger partial charge on any atom is -0.481 e. The number of halogens is 2. The summed E-state index contributed by atoms with van der Waals surface area (Å²) in [4.78, 5) is 10.8. The molecule has 0 bridgehead atoms. The van der Waals surface area contributed by atoms with Crippen molar-refractivity contribution < 1.29 is 9.90 Å². The second-order valence-electron chi connectivity index (χ2n) is 4.75. The van der Waals surface area contributed by atoms with Crippen molar-refractivity contribution in [1.29, 1.82) is 0 Å². The topological polar surface area (TPSA) is 55.1 Å². The van der Waals surface area contributed by atoms with Crippen LogP contribution in [-0.4, -0.2) is 26.6 Å². The first-order valence-electron chi connectivity index (χ1n) is 6.28. The average Bonchev–Trinajstić information content (AvgIpc) is 2.84. The van der Waals surface area contributed by atoms with E-state index in [9.17, 15) is 4.79 Å². The molecule has 0 spiro atoms. The van der Waals surface area contributed by atoms with Gasteiger partial charge in [-0.3, -0.25) is 4.79 Å². The van der Waals surface area contributed by atoms with Crippen molar-refractivity contribution in [3.63, 3.8) is 0 Å². The van der Waals surface area contributed by atoms with Crippen LogP contribution < -0.4 is 0 Å². The van der Waals surface area contributed by atoms with Gasteiger partial charge in [-0.1, -0.05) is 48.8 Å². The van der Waals surface area contributed by atoms with Gasteiger partial charge in [0.15, 0.2) is 0 Å². The Bertz CT molecular complexity index is 671. The van der Waals surface area contributed by atoms with E-state index in [-0.39, 0.29) is 11.7 Å². The largest absolute Gasteiger partial charge is 0.481 e. The lowest BCUT2D eigenvalue weighted by Gasteiger charge is -2.07. The lowest BCUT2D eigenvalue weighted by molar-refractivity contribution is -0.133. The number of nitrogens with zero attached hydrogens (tertiary/aromatic N) is 2. The van der Waals surface area contributed by atoms with E-state index in [0.717, 1.165) is 16.4 Å². The first kappa shape index (κ1) is 16.2. The van der Waals surface area contributed by atoms with Crippen LogP contribution in [0.2, 0.25) is 10.0 Å². The van der Waals surface area contributed by atoms with Crippen molar-refractivity contribution in [3.05, 3.63) is 40.0 Å². The summed E-state index contributed by atoms with van der Waals surface area (Å²) in [6, 6.07) is 7.12. The van der Waals surface area contributed by atoms with Gasteiger partial charge in [0.05, 0.1) is 27.2 Å². The standard InChI is InChI=1S/C14H14Cl2N2O2S/c1-8(2)12-6-13(21-7-14(19)20)18(17-12)9-3-4-10(15)11(16)5-9/h3-6,8H,7H2,1-2H3,(H,19,20). The van der Waals surface area contributed by atoms with E-state index in [1.807, 2.05) is 19.9 Å². The van der Waals surface area contributed by atoms with Crippen LogP contribution in [-0.2, 0) is 4.79 Å². The molecule has 0 saturated heterocycles. The summed E-state index contributed by atoms with van der Waals surface area (Å²) in [5.74, 6) is -0.643. The molecule has 0 aliphatic heterocycles. The van der Waals surface area contributed by atoms with Crippen molar-refractivity contribution in [2.24, 2.45) is 0 Å². The molecule has 21 heavy (non-hydrogen) atoms. The molecule has 0 saturated carbocycles. The lowest BCUT2D eigenvalue weighted by atomic mass is 10.1. The number of carboxylic acid groups (broad SMARTS) is 1. The van der Waals surface area contributed by atoms with Gasteiger partial charge in [-0.25, -0.2) is 4.68 Å². The molecule has 1 N–H and O–H groups in total. The Labute approximate surface area is 137 Å². The molecule has 2 rings (SSSR count). The van der Waals surface area contributed by atoms with Gasteiger partial charge in [0.2, 0.25) is 0 Å². The quantitative estimate of drug-likeness (QED) is 0.812. The highest BCUT2D eigenvalue weighted by Gasteiger charge is 2.14. The summed E-state index contributed by atoms with van der Waals surface area (Å²) >= 11 is 13.2. The highest BCUT2D eigenvalue weighted by atomic mass is 35.5. The molecule has 0 unspecified atom stereocenters. The number of benzene rings is 1. The maximum Gasteiger partial charge on any atom is 0.313 e. The van der Waals surface area contributed by atoms with Crippen molar-refractivity contribution in [1.82, 2.24) is 9.78 Å². The molecule has 112 valence electrons. The number of carboxylic acids is 1. The molecule has 7 heteroatoms. The second kappa shape index (κ2) is 6.73. The monoisotopic (exact) mass is 344 g/mol. The third-order valence-corrected chi connectivity index (χ3v) is 4.50. The van der Waals surface area contributed by atoms with Crippen LogP contribution in [0.25, 0.3) is 5.69 Å². The number of aromatic nitrogens is 2. The Morgan fingerprint density at radius 3 is 2.62 bits per heavy atom. The third-order valence-electron chi connectivity index (χ3n) is 2.78. The molecule has 0 fully saturated rings. The number of thioether (sulfide) groups is 1. The van der Waals surface area contributed by atoms with E-state index in [4.69, 9.17) is 28.3 Å². The Balaban J connectivity index is 2.44. The minimum atomic E-state index is -0.868. The smallest absolute Gasteiger partial charge is 0.313 e. The van der Waals surface area contributed by atoms with E-state index >= 15 is 0 Å². The average molecular weight is 345 g/mol. The zero-order valence-corrected chi connectivity index (χ0v) is 13.8. The van der Waals surface area contributed by atoms with Crippen molar-refractivity contribution in [2.75, 3.05) is 5.75 Å². The molecular formula is C14H14Cl2N2O2S. The molecular weight excluding hydrogens is 331 g/mol. The number of hydrogen-bond donors (Lipinski definition) is 1. The summed E-state index contributed by atoms with van der Waals surface area (Å²) < 4.78 is 1.70. The zero-order valence-electron chi connectivity index (χ0n) is 11.5. The Morgan fingerprint density at radius 2 is 2.05 bits per heavy atom. The maximum atomic E-state index is 10.8. The van der Waals surface area contributed by atoms with Gasteiger partial charge < -0.3 is 5.11 Å². The zero-order chi connectivity index (χ0) is 15.6. The van der Waals surface area contributed by atoms with Crippen LogP contribution in [0.1, 0.15) is 25.5 Å². The second-order valence-corrected chi connectivity index (χ2v) is 6.56. The normalized spacial score (nSPS) is 11.1. The van der Waals surface area contributed by atoms with E-state index in [1.165, 1.54) is 11.8 Å². The molecule has 0 aliphatic rings. The summed E-state index contributed by atoms with van der Waals surface area (Å²) in [6.45, 7) is 4.07. The molecule has 1 aromatic carbocycles. The molecule has 0 aliphatic carbocycles. The minimum absolute atomic E-state index is 0.0233. The Hall–Kier alpha value is -1.17. The van der Waals surface area contributed by atoms with Crippen LogP contribution in [0.4, 0.5) is 0 Å². The van der Waals surface area contributed by atoms with Crippen LogP contribution in [0, 0.1) is 0 Å². The molecule has 2 aromatic rings. The van der Waals surface area contributed by atoms with Crippen LogP contribution in [0.3, 0.4) is 0 Å². The molecule has 1 heterocycles. The van der Waals surface area contributed by atoms with E-state index in [1.54, 1.807) is 22.9 Å². The predicted octanol–water partition coefficient (Wildman–Crippen LogP) is 4.48. The number of hydrogen-bond acceptors (Lipinski definition) is 3. The molecule has 4 nitrogen and oxygen atoms in total. The summed E-state index contributed by atoms with van der Waals surface area (Å²) in [7, 11) is 0. The number of carbonyl (C=O) groups is 1. The molecule has 1 aromatic heterocycles. The molecule has 0 atom stereocenters. The van der Waals surface area contributed by atoms with Gasteiger partial charge in [0.25, 0.3) is 0 Å². The predicted molar refractivity (Wildman–Crippen MR) is 86.0 cm³/mol. The summed E-state index contributed by atoms with van der Waals surface area (Å²) in [5.41, 5.74) is 1.65. The van der Waals surface area contributed by atoms with Gasteiger partial charge in [-0.05, 0) is 30.2 Å². The first-order valence-corrected chi connectivity index (χ1v) is 8.02. The van der Waals surface area contributed by atoms with Crippen molar-refractivity contribution in [2.45, 2.75) is 24.8 Å². The van der Waals surface area contributed by atoms with Gasteiger partial charge in [0.1, 0.15) is 5.03 Å². The highest BCUT2D eigenvalue weighted by molar-refractivity contribution is 7.99. The van der Waals surface area contributed by atoms with E-state index in [2.05, 4.69) is 5.10 Å². The molecule has 0 radical (unpaired) electrons. The fourth-order valence-electron chi connectivity index (χ4n) is 1.70. The maximum absolute atomic E-state index is 10.8. The van der Waals surface area contributed by atoms with Crippen LogP contribution in [0.15, 0.2) is 29.3 Å². The van der Waals surface area contributed by atoms with E-state index < -0.39 is 5.97 Å². The number of rotatable bonds is 5. The van der Waals surface area contributed by atoms with Crippen molar-refractivity contribution >= 4 is 40.9 Å². The lowest BCUT2D eigenvalue weighted by Crippen LogP contribution is -2.02. The van der Waals surface area contributed by atoms with Gasteiger partial charge in [-0.15, -0.1) is 0 Å². The summed E-state index contributed by atoms with van der Waals surface area (Å²) in [6.07, 6.45) is 0. The number of aliphatic carboxylic acids is 1.